The van der Waals surface area contributed by atoms with Crippen LogP contribution in [0.2, 0.25) is 0 Å². The van der Waals surface area contributed by atoms with E-state index in [1.165, 1.54) is 11.3 Å². The molecule has 4 atom stereocenters. The van der Waals surface area contributed by atoms with Gasteiger partial charge in [0.05, 0.1) is 6.07 Å². The minimum absolute atomic E-state index is 0.0684. The summed E-state index contributed by atoms with van der Waals surface area (Å²) in [6.45, 7) is 6.60. The van der Waals surface area contributed by atoms with Crippen molar-refractivity contribution in [1.29, 1.82) is 5.26 Å². The number of benzene rings is 1. The fourth-order valence-electron chi connectivity index (χ4n) is 4.05. The molecule has 1 aromatic carbocycles. The number of rotatable bonds is 2. The van der Waals surface area contributed by atoms with Crippen LogP contribution in [0.4, 0.5) is 4.79 Å². The van der Waals surface area contributed by atoms with Gasteiger partial charge in [0.25, 0.3) is 0 Å². The van der Waals surface area contributed by atoms with E-state index in [0.29, 0.717) is 17.8 Å². The lowest BCUT2D eigenvalue weighted by atomic mass is 9.75. The van der Waals surface area contributed by atoms with Crippen LogP contribution in [0.3, 0.4) is 0 Å². The molecule has 1 heterocycles. The smallest absolute Gasteiger partial charge is 0.415 e. The number of hydrogen-bond donors (Lipinski definition) is 0. The highest BCUT2D eigenvalue weighted by molar-refractivity contribution is 5.74. The molecule has 1 fully saturated rings. The van der Waals surface area contributed by atoms with E-state index in [0.717, 1.165) is 24.0 Å². The fourth-order valence-corrected chi connectivity index (χ4v) is 4.05. The maximum absolute atomic E-state index is 12.8. The Hall–Kier alpha value is -2.28. The van der Waals surface area contributed by atoms with Crippen LogP contribution >= 0.6 is 0 Å². The van der Waals surface area contributed by atoms with Crippen LogP contribution in [0.25, 0.3) is 6.08 Å². The van der Waals surface area contributed by atoms with Crippen molar-refractivity contribution in [1.82, 2.24) is 4.90 Å². The summed E-state index contributed by atoms with van der Waals surface area (Å²) in [5, 5.41) is 9.61. The van der Waals surface area contributed by atoms with E-state index >= 15 is 0 Å². The highest BCUT2D eigenvalue weighted by Crippen LogP contribution is 2.37. The van der Waals surface area contributed by atoms with Crippen molar-refractivity contribution in [2.75, 3.05) is 0 Å². The van der Waals surface area contributed by atoms with Crippen LogP contribution in [0, 0.1) is 29.1 Å². The standard InChI is InChI=1S/C21H26N2O2/c1-14(2)17-9-8-15(3)12-20(17)25-21(24)23-11-10-16-6-4-5-7-18(16)19(23)13-22/h4-7,10-11,14-15,17,19-20H,8-9,12H2,1-3H3/t15-,17+,19+,20-/m1/s1. The van der Waals surface area contributed by atoms with Gasteiger partial charge in [0.1, 0.15) is 6.10 Å². The second kappa shape index (κ2) is 7.31. The van der Waals surface area contributed by atoms with Gasteiger partial charge in [0.2, 0.25) is 0 Å². The first-order valence-electron chi connectivity index (χ1n) is 9.17. The predicted molar refractivity (Wildman–Crippen MR) is 97.3 cm³/mol. The molecular weight excluding hydrogens is 312 g/mol. The van der Waals surface area contributed by atoms with Crippen molar-refractivity contribution in [2.24, 2.45) is 17.8 Å². The zero-order valence-electron chi connectivity index (χ0n) is 15.2. The first kappa shape index (κ1) is 17.5. The summed E-state index contributed by atoms with van der Waals surface area (Å²) in [5.74, 6) is 1.44. The quantitative estimate of drug-likeness (QED) is 0.750. The SMILES string of the molecule is CC(C)[C@@H]1CC[C@@H](C)C[C@H]1OC(=O)N1C=Cc2ccccc2[C@@H]1C#N. The number of carbonyl (C=O) groups is 1. The highest BCUT2D eigenvalue weighted by atomic mass is 16.6. The molecule has 0 N–H and O–H groups in total. The van der Waals surface area contributed by atoms with Gasteiger partial charge in [-0.1, -0.05) is 51.5 Å². The van der Waals surface area contributed by atoms with Crippen LogP contribution in [0.1, 0.15) is 57.2 Å². The number of hydrogen-bond acceptors (Lipinski definition) is 3. The number of fused-ring (bicyclic) bond motifs is 1. The molecule has 0 aromatic heterocycles. The Morgan fingerprint density at radius 1 is 1.32 bits per heavy atom. The third-order valence-corrected chi connectivity index (χ3v) is 5.53. The molecule has 1 saturated carbocycles. The molecule has 1 aliphatic heterocycles. The molecule has 0 unspecified atom stereocenters. The second-order valence-electron chi connectivity index (χ2n) is 7.63. The van der Waals surface area contributed by atoms with Gasteiger partial charge in [-0.25, -0.2) is 4.79 Å². The molecule has 0 radical (unpaired) electrons. The van der Waals surface area contributed by atoms with Gasteiger partial charge < -0.3 is 4.74 Å². The molecule has 4 nitrogen and oxygen atoms in total. The maximum atomic E-state index is 12.8. The molecule has 0 saturated heterocycles. The van der Waals surface area contributed by atoms with E-state index in [-0.39, 0.29) is 6.10 Å². The third kappa shape index (κ3) is 3.56. The van der Waals surface area contributed by atoms with Crippen molar-refractivity contribution >= 4 is 12.2 Å². The van der Waals surface area contributed by atoms with Gasteiger partial charge >= 0.3 is 6.09 Å². The van der Waals surface area contributed by atoms with Gasteiger partial charge in [-0.3, -0.25) is 4.90 Å². The summed E-state index contributed by atoms with van der Waals surface area (Å²) in [6, 6.07) is 9.29. The molecule has 2 aliphatic rings. The minimum Gasteiger partial charge on any atom is -0.446 e. The maximum Gasteiger partial charge on any atom is 0.415 e. The largest absolute Gasteiger partial charge is 0.446 e. The molecule has 0 spiro atoms. The van der Waals surface area contributed by atoms with Gasteiger partial charge in [-0.15, -0.1) is 0 Å². The lowest BCUT2D eigenvalue weighted by Gasteiger charge is -2.38. The zero-order chi connectivity index (χ0) is 18.0. The van der Waals surface area contributed by atoms with E-state index in [2.05, 4.69) is 26.8 Å². The number of nitriles is 1. The first-order chi connectivity index (χ1) is 12.0. The molecule has 1 amide bonds. The van der Waals surface area contributed by atoms with Crippen molar-refractivity contribution in [3.05, 3.63) is 41.6 Å². The van der Waals surface area contributed by atoms with Gasteiger partial charge in [-0.2, -0.15) is 5.26 Å². The van der Waals surface area contributed by atoms with Crippen molar-refractivity contribution in [3.63, 3.8) is 0 Å². The Labute approximate surface area is 150 Å². The van der Waals surface area contributed by atoms with E-state index < -0.39 is 12.1 Å². The third-order valence-electron chi connectivity index (χ3n) is 5.53. The summed E-state index contributed by atoms with van der Waals surface area (Å²) in [7, 11) is 0. The molecule has 4 heteroatoms. The number of amides is 1. The Morgan fingerprint density at radius 2 is 2.08 bits per heavy atom. The van der Waals surface area contributed by atoms with E-state index in [9.17, 15) is 10.1 Å². The van der Waals surface area contributed by atoms with E-state index in [1.54, 1.807) is 6.20 Å². The molecular formula is C21H26N2O2. The van der Waals surface area contributed by atoms with Crippen LogP contribution < -0.4 is 0 Å². The Bertz CT molecular complexity index is 704. The Morgan fingerprint density at radius 3 is 2.80 bits per heavy atom. The van der Waals surface area contributed by atoms with Crippen molar-refractivity contribution < 1.29 is 9.53 Å². The second-order valence-corrected chi connectivity index (χ2v) is 7.63. The summed E-state index contributed by atoms with van der Waals surface area (Å²) < 4.78 is 5.91. The molecule has 0 bridgehead atoms. The van der Waals surface area contributed by atoms with Gasteiger partial charge in [0, 0.05) is 6.20 Å². The lowest BCUT2D eigenvalue weighted by molar-refractivity contribution is -0.00735. The summed E-state index contributed by atoms with van der Waals surface area (Å²) in [5.41, 5.74) is 1.83. The molecule has 1 aliphatic carbocycles. The van der Waals surface area contributed by atoms with Crippen molar-refractivity contribution in [3.8, 4) is 6.07 Å². The normalized spacial score (nSPS) is 28.4. The summed E-state index contributed by atoms with van der Waals surface area (Å²) in [4.78, 5) is 14.3. The van der Waals surface area contributed by atoms with Crippen LogP contribution in [-0.4, -0.2) is 17.1 Å². The number of nitrogens with zero attached hydrogens (tertiary/aromatic N) is 2. The monoisotopic (exact) mass is 338 g/mol. The first-order valence-corrected chi connectivity index (χ1v) is 9.17. The van der Waals surface area contributed by atoms with Gasteiger partial charge in [0.15, 0.2) is 6.04 Å². The predicted octanol–water partition coefficient (Wildman–Crippen LogP) is 5.13. The average Bonchev–Trinajstić information content (AvgIpc) is 2.60. The highest BCUT2D eigenvalue weighted by Gasteiger charge is 2.36. The van der Waals surface area contributed by atoms with E-state index in [4.69, 9.17) is 4.74 Å². The summed E-state index contributed by atoms with van der Waals surface area (Å²) >= 11 is 0. The van der Waals surface area contributed by atoms with Crippen LogP contribution in [-0.2, 0) is 4.74 Å². The number of ether oxygens (including phenoxy) is 1. The average molecular weight is 338 g/mol. The van der Waals surface area contributed by atoms with E-state index in [1.807, 2.05) is 30.3 Å². The lowest BCUT2D eigenvalue weighted by Crippen LogP contribution is -2.40. The Balaban J connectivity index is 1.78. The van der Waals surface area contributed by atoms with Crippen molar-refractivity contribution in [2.45, 2.75) is 52.2 Å². The zero-order valence-corrected chi connectivity index (χ0v) is 15.2. The molecule has 132 valence electrons. The topological polar surface area (TPSA) is 53.3 Å². The minimum atomic E-state index is -0.632. The number of carbonyl (C=O) groups excluding carboxylic acids is 1. The van der Waals surface area contributed by atoms with Crippen LogP contribution in [0.15, 0.2) is 30.5 Å². The molecule has 25 heavy (non-hydrogen) atoms. The van der Waals surface area contributed by atoms with Gasteiger partial charge in [-0.05, 0) is 47.8 Å². The Kier molecular flexibility index (Phi) is 5.13. The molecule has 1 aromatic rings. The summed E-state index contributed by atoms with van der Waals surface area (Å²) in [6.07, 6.45) is 6.25. The van der Waals surface area contributed by atoms with Crippen LogP contribution in [0.5, 0.6) is 0 Å². The molecule has 3 rings (SSSR count). The fraction of sp³-hybridized carbons (Fsp3) is 0.524.